The monoisotopic (exact) mass is 758 g/mol. The first-order valence-corrected chi connectivity index (χ1v) is 17.0. The molecule has 1 fully saturated rings. The van der Waals surface area contributed by atoms with Crippen molar-refractivity contribution in [1.29, 1.82) is 0 Å². The fourth-order valence-corrected chi connectivity index (χ4v) is 5.62. The van der Waals surface area contributed by atoms with E-state index < -0.39 is 88.7 Å². The molecule has 1 aliphatic rings. The first-order chi connectivity index (χ1) is 22.4. The molecule has 15 nitrogen and oxygen atoms in total. The van der Waals surface area contributed by atoms with Gasteiger partial charge in [-0.2, -0.15) is 0 Å². The van der Waals surface area contributed by atoms with Gasteiger partial charge in [-0.15, -0.1) is 0 Å². The van der Waals surface area contributed by atoms with E-state index in [1.165, 1.54) is 11.1 Å². The van der Waals surface area contributed by atoms with Crippen molar-refractivity contribution in [2.75, 3.05) is 0 Å². The van der Waals surface area contributed by atoms with Crippen LogP contribution in [0.4, 0.5) is 9.59 Å². The lowest BCUT2D eigenvalue weighted by molar-refractivity contribution is -0.163. The van der Waals surface area contributed by atoms with Gasteiger partial charge in [0.15, 0.2) is 17.2 Å². The highest BCUT2D eigenvalue weighted by molar-refractivity contribution is 9.11. The van der Waals surface area contributed by atoms with Crippen LogP contribution in [0.2, 0.25) is 0 Å². The highest BCUT2D eigenvalue weighted by atomic mass is 79.9. The minimum Gasteiger partial charge on any atom is -0.444 e. The predicted molar refractivity (Wildman–Crippen MR) is 184 cm³/mol. The van der Waals surface area contributed by atoms with Gasteiger partial charge in [0, 0.05) is 12.6 Å². The van der Waals surface area contributed by atoms with E-state index in [1.807, 2.05) is 0 Å². The molecule has 0 bridgehead atoms. The number of aromatic nitrogens is 2. The van der Waals surface area contributed by atoms with Crippen molar-refractivity contribution in [3.63, 3.8) is 0 Å². The Balaban J connectivity index is 2.67. The molecule has 1 aliphatic heterocycles. The van der Waals surface area contributed by atoms with Crippen LogP contribution in [0.15, 0.2) is 20.8 Å². The number of ketones is 2. The van der Waals surface area contributed by atoms with Crippen molar-refractivity contribution in [2.45, 2.75) is 136 Å². The third kappa shape index (κ3) is 11.9. The van der Waals surface area contributed by atoms with Crippen LogP contribution in [-0.4, -0.2) is 84.6 Å². The lowest BCUT2D eigenvalue weighted by atomic mass is 9.80. The van der Waals surface area contributed by atoms with Crippen LogP contribution < -0.4 is 21.9 Å². The average molecular weight is 760 g/mol. The molecule has 1 saturated heterocycles. The Kier molecular flexibility index (Phi) is 14.2. The molecular formula is C33H51BrN4O11. The summed E-state index contributed by atoms with van der Waals surface area (Å²) in [5.41, 5.74) is -6.16. The molecule has 2 rings (SSSR count). The van der Waals surface area contributed by atoms with Crippen molar-refractivity contribution in [1.82, 2.24) is 20.2 Å². The Labute approximate surface area is 294 Å². The Morgan fingerprint density at radius 2 is 1.49 bits per heavy atom. The van der Waals surface area contributed by atoms with Crippen LogP contribution in [-0.2, 0) is 23.8 Å². The van der Waals surface area contributed by atoms with Gasteiger partial charge < -0.3 is 35.1 Å². The maximum Gasteiger partial charge on any atom is 0.408 e. The van der Waals surface area contributed by atoms with E-state index in [0.29, 0.717) is 0 Å². The van der Waals surface area contributed by atoms with Crippen molar-refractivity contribution >= 4 is 45.8 Å². The van der Waals surface area contributed by atoms with Gasteiger partial charge in [0.2, 0.25) is 0 Å². The number of aromatic amines is 1. The van der Waals surface area contributed by atoms with Crippen molar-refractivity contribution < 1.29 is 43.6 Å². The summed E-state index contributed by atoms with van der Waals surface area (Å²) in [5.74, 6) is -2.36. The first kappa shape index (κ1) is 41.8. The lowest BCUT2D eigenvalue weighted by Gasteiger charge is -2.34. The van der Waals surface area contributed by atoms with E-state index in [9.17, 15) is 39.0 Å². The molecule has 1 unspecified atom stereocenters. The number of nitrogens with zero attached hydrogens (tertiary/aromatic N) is 1. The second-order valence-corrected chi connectivity index (χ2v) is 15.6. The molecule has 1 aromatic heterocycles. The zero-order chi connectivity index (χ0) is 37.6. The zero-order valence-electron chi connectivity index (χ0n) is 29.8. The van der Waals surface area contributed by atoms with Gasteiger partial charge in [-0.05, 0) is 77.3 Å². The minimum atomic E-state index is -2.68. The molecule has 276 valence electrons. The summed E-state index contributed by atoms with van der Waals surface area (Å²) in [5, 5.41) is 28.8. The number of halogens is 1. The predicted octanol–water partition coefficient (Wildman–Crippen LogP) is 3.30. The van der Waals surface area contributed by atoms with Crippen molar-refractivity contribution in [3.8, 4) is 0 Å². The van der Waals surface area contributed by atoms with E-state index >= 15 is 0 Å². The average Bonchev–Trinajstić information content (AvgIpc) is 3.28. The number of H-pyrrole nitrogens is 1. The van der Waals surface area contributed by atoms with E-state index in [1.54, 1.807) is 69.2 Å². The van der Waals surface area contributed by atoms with Crippen LogP contribution in [0.3, 0.4) is 0 Å². The second-order valence-electron chi connectivity index (χ2n) is 15.1. The summed E-state index contributed by atoms with van der Waals surface area (Å²) in [4.78, 5) is 82.6. The van der Waals surface area contributed by atoms with Crippen LogP contribution >= 0.6 is 15.9 Å². The standard InChI is InChI=1S/C33H51BrN4O11/c1-17(2)13-20(35-29(44)48-31(5,6)7)23(39)24(40)26-33(46,25(41)21(14-18(3)4)36-30(45)49-32(8,9)10)15-22(47-26)38-16-19(11-12-34)27(42)37-28(38)43/h11-12,16-18,20-22,24,26,40,46H,13-15H2,1-10H3,(H,35,44)(H,36,45)(H,37,42,43)/t20-,21-,22+,24?,26+,33+/m0/s1. The van der Waals surface area contributed by atoms with Crippen molar-refractivity contribution in [2.24, 2.45) is 11.8 Å². The summed E-state index contributed by atoms with van der Waals surface area (Å²) < 4.78 is 17.5. The molecule has 0 radical (unpaired) electrons. The van der Waals surface area contributed by atoms with Gasteiger partial charge in [0.25, 0.3) is 5.56 Å². The Morgan fingerprint density at radius 3 is 1.96 bits per heavy atom. The number of amides is 2. The van der Waals surface area contributed by atoms with Gasteiger partial charge in [0.1, 0.15) is 29.6 Å². The quantitative estimate of drug-likeness (QED) is 0.197. The summed E-state index contributed by atoms with van der Waals surface area (Å²) >= 11 is 3.07. The largest absolute Gasteiger partial charge is 0.444 e. The summed E-state index contributed by atoms with van der Waals surface area (Å²) in [6.45, 7) is 16.9. The summed E-state index contributed by atoms with van der Waals surface area (Å²) in [7, 11) is 0. The lowest BCUT2D eigenvalue weighted by Crippen LogP contribution is -2.61. The summed E-state index contributed by atoms with van der Waals surface area (Å²) in [6.07, 6.45) is -5.66. The topological polar surface area (TPSA) is 215 Å². The number of rotatable bonds is 13. The van der Waals surface area contributed by atoms with E-state index in [4.69, 9.17) is 14.2 Å². The molecular weight excluding hydrogens is 708 g/mol. The summed E-state index contributed by atoms with van der Waals surface area (Å²) in [6, 6.07) is -2.71. The third-order valence-electron chi connectivity index (χ3n) is 7.27. The smallest absolute Gasteiger partial charge is 0.408 e. The molecule has 0 spiro atoms. The van der Waals surface area contributed by atoms with E-state index in [0.717, 1.165) is 10.8 Å². The molecule has 16 heteroatoms. The van der Waals surface area contributed by atoms with Gasteiger partial charge in [-0.3, -0.25) is 23.9 Å². The number of aliphatic hydroxyl groups excluding tert-OH is 1. The minimum absolute atomic E-state index is 0.0119. The number of hydrogen-bond donors (Lipinski definition) is 5. The van der Waals surface area contributed by atoms with Gasteiger partial charge >= 0.3 is 17.9 Å². The van der Waals surface area contributed by atoms with Gasteiger partial charge in [-0.1, -0.05) is 43.6 Å². The molecule has 6 atom stereocenters. The maximum atomic E-state index is 14.3. The van der Waals surface area contributed by atoms with Crippen LogP contribution in [0.5, 0.6) is 0 Å². The Hall–Kier alpha value is -3.34. The first-order valence-electron chi connectivity index (χ1n) is 16.1. The number of carbonyl (C=O) groups excluding carboxylic acids is 4. The Bertz CT molecular complexity index is 1510. The van der Waals surface area contributed by atoms with Gasteiger partial charge in [-0.25, -0.2) is 14.4 Å². The van der Waals surface area contributed by atoms with Crippen LogP contribution in [0.1, 0.15) is 100 Å². The number of aliphatic hydroxyl groups is 2. The molecule has 2 amide bonds. The zero-order valence-corrected chi connectivity index (χ0v) is 31.4. The molecule has 5 N–H and O–H groups in total. The number of Topliss-reactive ketones (excluding diaryl/α,β-unsaturated/α-hetero) is 2. The molecule has 0 aliphatic carbocycles. The number of carbonyl (C=O) groups is 4. The Morgan fingerprint density at radius 1 is 1.00 bits per heavy atom. The number of nitrogens with one attached hydrogen (secondary N) is 3. The second kappa shape index (κ2) is 16.6. The van der Waals surface area contributed by atoms with E-state index in [-0.39, 0.29) is 30.2 Å². The highest BCUT2D eigenvalue weighted by Gasteiger charge is 2.59. The van der Waals surface area contributed by atoms with Crippen molar-refractivity contribution in [3.05, 3.63) is 37.6 Å². The number of alkyl carbamates (subject to hydrolysis) is 2. The van der Waals surface area contributed by atoms with E-state index in [2.05, 4.69) is 31.5 Å². The highest BCUT2D eigenvalue weighted by Crippen LogP contribution is 2.40. The number of ether oxygens (including phenoxy) is 3. The fourth-order valence-electron chi connectivity index (χ4n) is 5.33. The van der Waals surface area contributed by atoms with Gasteiger partial charge in [0.05, 0.1) is 17.6 Å². The molecule has 49 heavy (non-hydrogen) atoms. The third-order valence-corrected chi connectivity index (χ3v) is 7.53. The molecule has 1 aromatic rings. The van der Waals surface area contributed by atoms with Crippen LogP contribution in [0, 0.1) is 11.8 Å². The molecule has 2 heterocycles. The fraction of sp³-hybridized carbons (Fsp3) is 0.697. The van der Waals surface area contributed by atoms with Crippen LogP contribution in [0.25, 0.3) is 6.08 Å². The SMILES string of the molecule is CC(C)C[C@H](NC(=O)OC(C)(C)C)C(=O)C(O)[C@H]1O[C@@H](n2cc(C=CBr)c(=O)[nH]c2=O)C[C@@]1(O)C(=O)[C@H](CC(C)C)NC(=O)OC(C)(C)C. The molecule has 0 aromatic carbocycles. The maximum absolute atomic E-state index is 14.3. The normalized spacial score (nSPS) is 21.8. The molecule has 0 saturated carbocycles. The number of hydrogen-bond acceptors (Lipinski definition) is 11.